The molecule has 2 aromatic rings. The minimum absolute atomic E-state index is 0.135. The number of hydrogen-bond acceptors (Lipinski definition) is 3. The van der Waals surface area contributed by atoms with Gasteiger partial charge in [0.25, 0.3) is 0 Å². The molecule has 5 nitrogen and oxygen atoms in total. The molecule has 1 aromatic heterocycles. The normalized spacial score (nSPS) is 11.4. The number of primary sulfonamides is 1. The van der Waals surface area contributed by atoms with Crippen molar-refractivity contribution < 1.29 is 8.42 Å². The van der Waals surface area contributed by atoms with Gasteiger partial charge in [-0.05, 0) is 29.8 Å². The van der Waals surface area contributed by atoms with Crippen LogP contribution in [-0.2, 0) is 22.3 Å². The average Bonchev–Trinajstić information content (AvgIpc) is 2.79. The minimum Gasteiger partial charge on any atom is -0.379 e. The zero-order chi connectivity index (χ0) is 13.0. The Kier molecular flexibility index (Phi) is 3.69. The lowest BCUT2D eigenvalue weighted by atomic mass is 10.2. The Bertz CT molecular complexity index is 589. The summed E-state index contributed by atoms with van der Waals surface area (Å²) in [6.07, 6.45) is 1.87. The average molecular weight is 265 g/mol. The zero-order valence-electron chi connectivity index (χ0n) is 9.76. The van der Waals surface area contributed by atoms with Crippen molar-refractivity contribution >= 4 is 15.7 Å². The highest BCUT2D eigenvalue weighted by atomic mass is 32.2. The van der Waals surface area contributed by atoms with E-state index in [0.29, 0.717) is 12.1 Å². The first-order valence-electron chi connectivity index (χ1n) is 5.48. The van der Waals surface area contributed by atoms with Gasteiger partial charge in [-0.15, -0.1) is 0 Å². The van der Waals surface area contributed by atoms with E-state index < -0.39 is 10.0 Å². The maximum absolute atomic E-state index is 10.9. The summed E-state index contributed by atoms with van der Waals surface area (Å²) in [5.41, 5.74) is 2.70. The summed E-state index contributed by atoms with van der Waals surface area (Å²) in [5.74, 6) is -0.135. The molecule has 0 atom stereocenters. The Morgan fingerprint density at radius 2 is 1.89 bits per heavy atom. The van der Waals surface area contributed by atoms with Crippen LogP contribution in [-0.4, -0.2) is 13.4 Å². The molecule has 18 heavy (non-hydrogen) atoms. The van der Waals surface area contributed by atoms with Gasteiger partial charge in [-0.2, -0.15) is 0 Å². The van der Waals surface area contributed by atoms with Gasteiger partial charge >= 0.3 is 0 Å². The maximum atomic E-state index is 10.9. The largest absolute Gasteiger partial charge is 0.379 e. The van der Waals surface area contributed by atoms with Crippen LogP contribution in [0.15, 0.2) is 42.6 Å². The van der Waals surface area contributed by atoms with Crippen molar-refractivity contribution in [2.24, 2.45) is 5.14 Å². The maximum Gasteiger partial charge on any atom is 0.213 e. The molecule has 0 aliphatic rings. The van der Waals surface area contributed by atoms with Crippen molar-refractivity contribution in [3.05, 3.63) is 53.9 Å². The lowest BCUT2D eigenvalue weighted by Gasteiger charge is -2.06. The number of sulfonamides is 1. The van der Waals surface area contributed by atoms with Crippen molar-refractivity contribution in [1.82, 2.24) is 4.98 Å². The fraction of sp³-hybridized carbons (Fsp3) is 0.167. The molecule has 0 saturated heterocycles. The van der Waals surface area contributed by atoms with E-state index in [4.69, 9.17) is 5.14 Å². The van der Waals surface area contributed by atoms with Crippen LogP contribution < -0.4 is 10.5 Å². The van der Waals surface area contributed by atoms with Gasteiger partial charge < -0.3 is 10.3 Å². The SMILES string of the molecule is NS(=O)(=O)Cc1ccc(NCc2ccc[nH]2)cc1. The third-order valence-electron chi connectivity index (χ3n) is 2.47. The zero-order valence-corrected chi connectivity index (χ0v) is 10.6. The second-order valence-corrected chi connectivity index (χ2v) is 5.67. The van der Waals surface area contributed by atoms with Crippen LogP contribution in [0.5, 0.6) is 0 Å². The van der Waals surface area contributed by atoms with Gasteiger partial charge in [0.05, 0.1) is 12.3 Å². The molecule has 1 aromatic carbocycles. The van der Waals surface area contributed by atoms with E-state index in [9.17, 15) is 8.42 Å². The van der Waals surface area contributed by atoms with E-state index in [1.165, 1.54) is 0 Å². The van der Waals surface area contributed by atoms with E-state index in [2.05, 4.69) is 10.3 Å². The molecule has 0 fully saturated rings. The van der Waals surface area contributed by atoms with Gasteiger partial charge in [-0.3, -0.25) is 0 Å². The van der Waals surface area contributed by atoms with Gasteiger partial charge in [0.2, 0.25) is 10.0 Å². The van der Waals surface area contributed by atoms with E-state index >= 15 is 0 Å². The summed E-state index contributed by atoms with van der Waals surface area (Å²) in [4.78, 5) is 3.09. The molecule has 6 heteroatoms. The number of nitrogens with two attached hydrogens (primary N) is 1. The molecule has 0 radical (unpaired) electrons. The summed E-state index contributed by atoms with van der Waals surface area (Å²) >= 11 is 0. The second-order valence-electron chi connectivity index (χ2n) is 4.05. The fourth-order valence-corrected chi connectivity index (χ4v) is 2.28. The van der Waals surface area contributed by atoms with Crippen LogP contribution >= 0.6 is 0 Å². The highest BCUT2D eigenvalue weighted by Gasteiger charge is 2.04. The molecular weight excluding hydrogens is 250 g/mol. The van der Waals surface area contributed by atoms with Gasteiger partial charge in [0, 0.05) is 17.6 Å². The van der Waals surface area contributed by atoms with E-state index in [-0.39, 0.29) is 5.75 Å². The van der Waals surface area contributed by atoms with Crippen LogP contribution in [0.1, 0.15) is 11.3 Å². The molecule has 0 unspecified atom stereocenters. The second kappa shape index (κ2) is 5.24. The number of aromatic nitrogens is 1. The third kappa shape index (κ3) is 3.90. The smallest absolute Gasteiger partial charge is 0.213 e. The Morgan fingerprint density at radius 1 is 1.17 bits per heavy atom. The Balaban J connectivity index is 1.95. The fourth-order valence-electron chi connectivity index (χ4n) is 1.63. The molecule has 2 rings (SSSR count). The quantitative estimate of drug-likeness (QED) is 0.764. The molecule has 0 bridgehead atoms. The minimum atomic E-state index is -3.46. The van der Waals surface area contributed by atoms with Gasteiger partial charge in [-0.1, -0.05) is 12.1 Å². The lowest BCUT2D eigenvalue weighted by molar-refractivity contribution is 0.597. The molecule has 0 aliphatic heterocycles. The molecule has 0 spiro atoms. The number of H-pyrrole nitrogens is 1. The van der Waals surface area contributed by atoms with Crippen molar-refractivity contribution in [2.75, 3.05) is 5.32 Å². The van der Waals surface area contributed by atoms with Crippen molar-refractivity contribution in [2.45, 2.75) is 12.3 Å². The molecule has 0 amide bonds. The number of benzene rings is 1. The predicted octanol–water partition coefficient (Wildman–Crippen LogP) is 1.42. The number of hydrogen-bond donors (Lipinski definition) is 3. The van der Waals surface area contributed by atoms with E-state index in [0.717, 1.165) is 11.4 Å². The first-order valence-corrected chi connectivity index (χ1v) is 7.20. The molecule has 4 N–H and O–H groups in total. The van der Waals surface area contributed by atoms with Crippen molar-refractivity contribution in [1.29, 1.82) is 0 Å². The lowest BCUT2D eigenvalue weighted by Crippen LogP contribution is -2.14. The van der Waals surface area contributed by atoms with Gasteiger partial charge in [0.1, 0.15) is 0 Å². The predicted molar refractivity (Wildman–Crippen MR) is 71.4 cm³/mol. The Morgan fingerprint density at radius 3 is 2.44 bits per heavy atom. The van der Waals surface area contributed by atoms with Crippen molar-refractivity contribution in [3.8, 4) is 0 Å². The molecule has 96 valence electrons. The van der Waals surface area contributed by atoms with Gasteiger partial charge in [-0.25, -0.2) is 13.6 Å². The first kappa shape index (κ1) is 12.7. The summed E-state index contributed by atoms with van der Waals surface area (Å²) in [5, 5.41) is 8.21. The molecule has 0 aliphatic carbocycles. The standard InChI is InChI=1S/C12H15N3O2S/c13-18(16,17)9-10-3-5-11(6-4-10)15-8-12-2-1-7-14-12/h1-7,14-15H,8-9H2,(H2,13,16,17). The van der Waals surface area contributed by atoms with Crippen molar-refractivity contribution in [3.63, 3.8) is 0 Å². The number of rotatable bonds is 5. The van der Waals surface area contributed by atoms with Crippen LogP contribution in [0.3, 0.4) is 0 Å². The Labute approximate surface area is 106 Å². The molecular formula is C12H15N3O2S. The van der Waals surface area contributed by atoms with E-state index in [1.54, 1.807) is 12.1 Å². The van der Waals surface area contributed by atoms with Crippen LogP contribution in [0, 0.1) is 0 Å². The number of nitrogens with one attached hydrogen (secondary N) is 2. The molecule has 0 saturated carbocycles. The highest BCUT2D eigenvalue weighted by Crippen LogP contribution is 2.12. The topological polar surface area (TPSA) is 88.0 Å². The summed E-state index contributed by atoms with van der Waals surface area (Å²) < 4.78 is 21.8. The number of anilines is 1. The van der Waals surface area contributed by atoms with Crippen LogP contribution in [0.2, 0.25) is 0 Å². The van der Waals surface area contributed by atoms with E-state index in [1.807, 2.05) is 30.5 Å². The van der Waals surface area contributed by atoms with Crippen LogP contribution in [0.25, 0.3) is 0 Å². The summed E-state index contributed by atoms with van der Waals surface area (Å²) in [6.45, 7) is 0.696. The monoisotopic (exact) mass is 265 g/mol. The molecule has 1 heterocycles. The number of aromatic amines is 1. The summed E-state index contributed by atoms with van der Waals surface area (Å²) in [7, 11) is -3.46. The third-order valence-corrected chi connectivity index (χ3v) is 3.20. The highest BCUT2D eigenvalue weighted by molar-refractivity contribution is 7.88. The Hall–Kier alpha value is -1.79. The first-order chi connectivity index (χ1) is 8.53. The van der Waals surface area contributed by atoms with Crippen LogP contribution in [0.4, 0.5) is 5.69 Å². The summed E-state index contributed by atoms with van der Waals surface area (Å²) in [6, 6.07) is 11.1. The van der Waals surface area contributed by atoms with Gasteiger partial charge in [0.15, 0.2) is 0 Å².